The maximum absolute atomic E-state index is 11.0. The number of hydrogen-bond donors (Lipinski definition) is 1. The fourth-order valence-electron chi connectivity index (χ4n) is 1.77. The van der Waals surface area contributed by atoms with Crippen LogP contribution in [0.5, 0.6) is 0 Å². The molecule has 3 nitrogen and oxygen atoms in total. The van der Waals surface area contributed by atoms with Gasteiger partial charge in [0.05, 0.1) is 5.52 Å². The van der Waals surface area contributed by atoms with Crippen LogP contribution in [0.4, 0.5) is 5.82 Å². The van der Waals surface area contributed by atoms with Gasteiger partial charge in [-0.2, -0.15) is 0 Å². The summed E-state index contributed by atoms with van der Waals surface area (Å²) in [5.74, 6) is 0.502. The highest BCUT2D eigenvalue weighted by atomic mass is 79.9. The van der Waals surface area contributed by atoms with Gasteiger partial charge in [-0.25, -0.2) is 4.98 Å². The van der Waals surface area contributed by atoms with Crippen molar-refractivity contribution in [1.82, 2.24) is 4.98 Å². The molecular formula is C13H13BrN2O. The number of nitrogens with one attached hydrogen (secondary N) is 1. The van der Waals surface area contributed by atoms with Crippen LogP contribution in [0.25, 0.3) is 10.9 Å². The minimum absolute atomic E-state index is 0.103. The lowest BCUT2D eigenvalue weighted by Gasteiger charge is -2.07. The van der Waals surface area contributed by atoms with Crippen LogP contribution in [0.1, 0.15) is 18.1 Å². The van der Waals surface area contributed by atoms with Crippen LogP contribution in [0, 0.1) is 6.92 Å². The number of carbonyl (C=O) groups is 1. The smallest absolute Gasteiger partial charge is 0.222 e. The molecule has 0 saturated heterocycles. The predicted octanol–water partition coefficient (Wildman–Crippen LogP) is 3.40. The zero-order valence-electron chi connectivity index (χ0n) is 9.75. The Morgan fingerprint density at radius 1 is 1.41 bits per heavy atom. The number of amides is 1. The first-order valence-electron chi connectivity index (χ1n) is 5.34. The fourth-order valence-corrected chi connectivity index (χ4v) is 2.12. The summed E-state index contributed by atoms with van der Waals surface area (Å²) in [6, 6.07) is 8.01. The van der Waals surface area contributed by atoms with Crippen molar-refractivity contribution < 1.29 is 4.79 Å². The molecule has 0 atom stereocenters. The van der Waals surface area contributed by atoms with E-state index in [4.69, 9.17) is 0 Å². The van der Waals surface area contributed by atoms with Crippen LogP contribution in [-0.2, 0) is 10.1 Å². The third-order valence-electron chi connectivity index (χ3n) is 2.54. The summed E-state index contributed by atoms with van der Waals surface area (Å²) < 4.78 is 0. The van der Waals surface area contributed by atoms with E-state index < -0.39 is 0 Å². The largest absolute Gasteiger partial charge is 0.311 e. The number of anilines is 1. The fraction of sp³-hybridized carbons (Fsp3) is 0.231. The van der Waals surface area contributed by atoms with E-state index in [-0.39, 0.29) is 5.91 Å². The lowest BCUT2D eigenvalue weighted by molar-refractivity contribution is -0.114. The first-order valence-corrected chi connectivity index (χ1v) is 6.46. The molecule has 1 aromatic heterocycles. The second kappa shape index (κ2) is 4.84. The van der Waals surface area contributed by atoms with Gasteiger partial charge in [0.2, 0.25) is 5.91 Å². The molecule has 0 saturated carbocycles. The summed E-state index contributed by atoms with van der Waals surface area (Å²) in [5.41, 5.74) is 3.23. The van der Waals surface area contributed by atoms with Gasteiger partial charge in [-0.3, -0.25) is 4.79 Å². The van der Waals surface area contributed by atoms with Gasteiger partial charge in [-0.15, -0.1) is 0 Å². The van der Waals surface area contributed by atoms with Crippen LogP contribution < -0.4 is 5.32 Å². The van der Waals surface area contributed by atoms with E-state index in [2.05, 4.69) is 32.3 Å². The first-order chi connectivity index (χ1) is 8.10. The second-order valence-electron chi connectivity index (χ2n) is 3.99. The van der Waals surface area contributed by atoms with E-state index in [9.17, 15) is 4.79 Å². The number of alkyl halides is 1. The summed E-state index contributed by atoms with van der Waals surface area (Å²) in [5, 5.41) is 4.66. The van der Waals surface area contributed by atoms with Crippen LogP contribution in [0.3, 0.4) is 0 Å². The lowest BCUT2D eigenvalue weighted by atomic mass is 10.1. The molecule has 1 heterocycles. The predicted molar refractivity (Wildman–Crippen MR) is 73.4 cm³/mol. The highest BCUT2D eigenvalue weighted by Crippen LogP contribution is 2.22. The maximum Gasteiger partial charge on any atom is 0.222 e. The van der Waals surface area contributed by atoms with Gasteiger partial charge in [-0.05, 0) is 36.2 Å². The Morgan fingerprint density at radius 2 is 2.18 bits per heavy atom. The van der Waals surface area contributed by atoms with Crippen LogP contribution in [0.15, 0.2) is 24.3 Å². The van der Waals surface area contributed by atoms with Crippen LogP contribution >= 0.6 is 15.9 Å². The summed E-state index contributed by atoms with van der Waals surface area (Å²) in [4.78, 5) is 15.4. The Labute approximate surface area is 108 Å². The number of benzene rings is 1. The van der Waals surface area contributed by atoms with Crippen molar-refractivity contribution in [3.05, 3.63) is 35.4 Å². The number of nitrogens with zero attached hydrogens (tertiary/aromatic N) is 1. The molecule has 1 N–H and O–H groups in total. The molecule has 2 aromatic rings. The number of aryl methyl sites for hydroxylation is 1. The third-order valence-corrected chi connectivity index (χ3v) is 3.19. The zero-order chi connectivity index (χ0) is 12.4. The number of hydrogen-bond acceptors (Lipinski definition) is 2. The summed E-state index contributed by atoms with van der Waals surface area (Å²) in [6.45, 7) is 3.50. The topological polar surface area (TPSA) is 42.0 Å². The van der Waals surface area contributed by atoms with Crippen LogP contribution in [0.2, 0.25) is 0 Å². The van der Waals surface area contributed by atoms with Crippen molar-refractivity contribution in [3.8, 4) is 0 Å². The lowest BCUT2D eigenvalue weighted by Crippen LogP contribution is -2.07. The van der Waals surface area contributed by atoms with Gasteiger partial charge in [0.25, 0.3) is 0 Å². The van der Waals surface area contributed by atoms with E-state index in [0.717, 1.165) is 21.8 Å². The Hall–Kier alpha value is -1.42. The van der Waals surface area contributed by atoms with E-state index >= 15 is 0 Å². The number of halogens is 1. The Morgan fingerprint density at radius 3 is 2.82 bits per heavy atom. The Bertz CT molecular complexity index is 581. The molecular weight excluding hydrogens is 280 g/mol. The highest BCUT2D eigenvalue weighted by Gasteiger charge is 2.04. The van der Waals surface area contributed by atoms with Crippen molar-refractivity contribution in [3.63, 3.8) is 0 Å². The van der Waals surface area contributed by atoms with Crippen molar-refractivity contribution in [2.24, 2.45) is 0 Å². The normalized spacial score (nSPS) is 10.5. The molecule has 0 aliphatic rings. The van der Waals surface area contributed by atoms with E-state index in [0.29, 0.717) is 5.82 Å². The molecule has 88 valence electrons. The summed E-state index contributed by atoms with van der Waals surface area (Å²) >= 11 is 3.44. The molecule has 0 aliphatic heterocycles. The SMILES string of the molecule is CC(=O)Nc1cc(C)c2cc(CBr)ccc2n1. The van der Waals surface area contributed by atoms with Gasteiger partial charge < -0.3 is 5.32 Å². The molecule has 0 radical (unpaired) electrons. The molecule has 0 fully saturated rings. The van der Waals surface area contributed by atoms with E-state index in [1.807, 2.05) is 25.1 Å². The zero-order valence-corrected chi connectivity index (χ0v) is 11.3. The molecule has 2 rings (SSSR count). The monoisotopic (exact) mass is 292 g/mol. The maximum atomic E-state index is 11.0. The van der Waals surface area contributed by atoms with Crippen molar-refractivity contribution in [2.45, 2.75) is 19.2 Å². The third kappa shape index (κ3) is 2.64. The molecule has 0 unspecified atom stereocenters. The van der Waals surface area contributed by atoms with Crippen molar-refractivity contribution >= 4 is 38.6 Å². The summed E-state index contributed by atoms with van der Waals surface area (Å²) in [7, 11) is 0. The molecule has 1 amide bonds. The van der Waals surface area contributed by atoms with Crippen molar-refractivity contribution in [2.75, 3.05) is 5.32 Å². The number of rotatable bonds is 2. The molecule has 0 aliphatic carbocycles. The number of carbonyl (C=O) groups excluding carboxylic acids is 1. The van der Waals surface area contributed by atoms with Crippen molar-refractivity contribution in [1.29, 1.82) is 0 Å². The van der Waals surface area contributed by atoms with Gasteiger partial charge in [0.15, 0.2) is 0 Å². The Kier molecular flexibility index (Phi) is 3.43. The number of pyridine rings is 1. The number of fused-ring (bicyclic) bond motifs is 1. The molecule has 1 aromatic carbocycles. The molecule has 0 spiro atoms. The molecule has 4 heteroatoms. The minimum Gasteiger partial charge on any atom is -0.311 e. The minimum atomic E-state index is -0.103. The average molecular weight is 293 g/mol. The van der Waals surface area contributed by atoms with Gasteiger partial charge >= 0.3 is 0 Å². The van der Waals surface area contributed by atoms with E-state index in [1.165, 1.54) is 12.5 Å². The van der Waals surface area contributed by atoms with Gasteiger partial charge in [-0.1, -0.05) is 22.0 Å². The van der Waals surface area contributed by atoms with E-state index in [1.54, 1.807) is 0 Å². The number of aromatic nitrogens is 1. The standard InChI is InChI=1S/C13H13BrN2O/c1-8-5-13(15-9(2)17)16-12-4-3-10(7-14)6-11(8)12/h3-6H,7H2,1-2H3,(H,15,16,17). The summed E-state index contributed by atoms with van der Waals surface area (Å²) in [6.07, 6.45) is 0. The Balaban J connectivity index is 2.55. The molecule has 17 heavy (non-hydrogen) atoms. The van der Waals surface area contributed by atoms with Gasteiger partial charge in [0, 0.05) is 17.6 Å². The highest BCUT2D eigenvalue weighted by molar-refractivity contribution is 9.08. The average Bonchev–Trinajstić information content (AvgIpc) is 2.28. The second-order valence-corrected chi connectivity index (χ2v) is 4.55. The van der Waals surface area contributed by atoms with Crippen LogP contribution in [-0.4, -0.2) is 10.9 Å². The van der Waals surface area contributed by atoms with Gasteiger partial charge in [0.1, 0.15) is 5.82 Å². The quantitative estimate of drug-likeness (QED) is 0.862. The first kappa shape index (κ1) is 12.0. The molecule has 0 bridgehead atoms.